The first-order chi connectivity index (χ1) is 12.2. The van der Waals surface area contributed by atoms with Gasteiger partial charge in [0.1, 0.15) is 5.75 Å². The van der Waals surface area contributed by atoms with Crippen molar-refractivity contribution in [3.8, 4) is 5.75 Å². The van der Waals surface area contributed by atoms with Gasteiger partial charge in [-0.1, -0.05) is 25.1 Å². The van der Waals surface area contributed by atoms with E-state index in [-0.39, 0.29) is 5.91 Å². The predicted octanol–water partition coefficient (Wildman–Crippen LogP) is 4.40. The first-order valence-electron chi connectivity index (χ1n) is 8.73. The standard InChI is InChI=1S/C20H24N2O3/c1-14(8-11-20(23)22-24)5-4-12-25-15-9-10-17-16-6-2-3-7-18(16)21-19(17)13-15/h2-3,6-7,9-10,13-14,21,24H,4-5,8,11-12H2,1H3,(H,22,23). The van der Waals surface area contributed by atoms with E-state index in [1.165, 1.54) is 10.8 Å². The molecule has 0 fully saturated rings. The summed E-state index contributed by atoms with van der Waals surface area (Å²) in [6, 6.07) is 14.4. The lowest BCUT2D eigenvalue weighted by molar-refractivity contribution is -0.129. The third-order valence-corrected chi connectivity index (χ3v) is 4.58. The number of hydrogen-bond donors (Lipinski definition) is 3. The number of aromatic amines is 1. The monoisotopic (exact) mass is 340 g/mol. The van der Waals surface area contributed by atoms with Crippen LogP contribution in [0.25, 0.3) is 21.8 Å². The topological polar surface area (TPSA) is 74.4 Å². The summed E-state index contributed by atoms with van der Waals surface area (Å²) in [6.07, 6.45) is 3.06. The van der Waals surface area contributed by atoms with Crippen LogP contribution >= 0.6 is 0 Å². The highest BCUT2D eigenvalue weighted by molar-refractivity contribution is 6.07. The van der Waals surface area contributed by atoms with E-state index in [9.17, 15) is 4.79 Å². The van der Waals surface area contributed by atoms with Crippen LogP contribution in [0.15, 0.2) is 42.5 Å². The Morgan fingerprint density at radius 3 is 2.80 bits per heavy atom. The molecule has 0 saturated heterocycles. The fourth-order valence-electron chi connectivity index (χ4n) is 3.12. The fourth-order valence-corrected chi connectivity index (χ4v) is 3.12. The predicted molar refractivity (Wildman–Crippen MR) is 98.9 cm³/mol. The Balaban J connectivity index is 1.50. The molecule has 5 heteroatoms. The van der Waals surface area contributed by atoms with Gasteiger partial charge < -0.3 is 9.72 Å². The average Bonchev–Trinajstić information content (AvgIpc) is 3.01. The number of carbonyl (C=O) groups excluding carboxylic acids is 1. The molecule has 0 aliphatic heterocycles. The maximum atomic E-state index is 11.0. The SMILES string of the molecule is CC(CCCOc1ccc2c(c1)[nH]c1ccccc12)CCC(=O)NO. The number of para-hydroxylation sites is 1. The van der Waals surface area contributed by atoms with Crippen LogP contribution in [0.3, 0.4) is 0 Å². The van der Waals surface area contributed by atoms with Gasteiger partial charge in [0, 0.05) is 28.8 Å². The summed E-state index contributed by atoms with van der Waals surface area (Å²) in [4.78, 5) is 14.4. The minimum Gasteiger partial charge on any atom is -0.494 e. The number of hydrogen-bond acceptors (Lipinski definition) is 3. The zero-order chi connectivity index (χ0) is 17.6. The van der Waals surface area contributed by atoms with E-state index < -0.39 is 0 Å². The van der Waals surface area contributed by atoms with Crippen LogP contribution in [-0.2, 0) is 4.79 Å². The van der Waals surface area contributed by atoms with Gasteiger partial charge in [0.15, 0.2) is 0 Å². The van der Waals surface area contributed by atoms with Gasteiger partial charge in [-0.2, -0.15) is 0 Å². The Hall–Kier alpha value is -2.53. The number of carbonyl (C=O) groups is 1. The molecule has 0 bridgehead atoms. The molecule has 3 aromatic rings. The number of H-pyrrole nitrogens is 1. The zero-order valence-electron chi connectivity index (χ0n) is 14.4. The molecule has 0 radical (unpaired) electrons. The van der Waals surface area contributed by atoms with Gasteiger partial charge in [0.05, 0.1) is 12.1 Å². The molecule has 132 valence electrons. The second kappa shape index (κ2) is 8.03. The van der Waals surface area contributed by atoms with Gasteiger partial charge in [-0.3, -0.25) is 10.0 Å². The van der Waals surface area contributed by atoms with Gasteiger partial charge in [-0.25, -0.2) is 5.48 Å². The van der Waals surface area contributed by atoms with E-state index in [4.69, 9.17) is 9.94 Å². The van der Waals surface area contributed by atoms with Crippen molar-refractivity contribution in [2.45, 2.75) is 32.6 Å². The van der Waals surface area contributed by atoms with Crippen LogP contribution < -0.4 is 10.2 Å². The van der Waals surface area contributed by atoms with Crippen molar-refractivity contribution in [2.24, 2.45) is 5.92 Å². The van der Waals surface area contributed by atoms with Gasteiger partial charge in [0.25, 0.3) is 0 Å². The molecule has 1 aromatic heterocycles. The summed E-state index contributed by atoms with van der Waals surface area (Å²) in [6.45, 7) is 2.77. The van der Waals surface area contributed by atoms with E-state index >= 15 is 0 Å². The minimum absolute atomic E-state index is 0.324. The average molecular weight is 340 g/mol. The van der Waals surface area contributed by atoms with E-state index in [0.29, 0.717) is 18.9 Å². The van der Waals surface area contributed by atoms with Gasteiger partial charge in [-0.05, 0) is 43.4 Å². The van der Waals surface area contributed by atoms with Gasteiger partial charge in [0.2, 0.25) is 5.91 Å². The normalized spacial score (nSPS) is 12.4. The maximum Gasteiger partial charge on any atom is 0.243 e. The van der Waals surface area contributed by atoms with Crippen LogP contribution in [0.5, 0.6) is 5.75 Å². The fraction of sp³-hybridized carbons (Fsp3) is 0.350. The summed E-state index contributed by atoms with van der Waals surface area (Å²) in [5.74, 6) is 0.971. The van der Waals surface area contributed by atoms with Crippen LogP contribution in [0.4, 0.5) is 0 Å². The highest BCUT2D eigenvalue weighted by atomic mass is 16.5. The van der Waals surface area contributed by atoms with E-state index in [2.05, 4.69) is 30.1 Å². The van der Waals surface area contributed by atoms with E-state index in [1.807, 2.05) is 24.3 Å². The number of amides is 1. The van der Waals surface area contributed by atoms with Gasteiger partial charge in [-0.15, -0.1) is 0 Å². The lowest BCUT2D eigenvalue weighted by Gasteiger charge is -2.11. The molecule has 1 amide bonds. The quantitative estimate of drug-likeness (QED) is 0.323. The number of nitrogens with one attached hydrogen (secondary N) is 2. The maximum absolute atomic E-state index is 11.0. The second-order valence-corrected chi connectivity index (χ2v) is 6.55. The van der Waals surface area contributed by atoms with Crippen LogP contribution in [-0.4, -0.2) is 22.7 Å². The minimum atomic E-state index is -0.324. The Kier molecular flexibility index (Phi) is 5.56. The molecule has 0 saturated carbocycles. The molecule has 3 N–H and O–H groups in total. The molecule has 1 unspecified atom stereocenters. The second-order valence-electron chi connectivity index (χ2n) is 6.55. The summed E-state index contributed by atoms with van der Waals surface area (Å²) >= 11 is 0. The largest absolute Gasteiger partial charge is 0.494 e. The molecule has 1 heterocycles. The molecule has 0 aliphatic carbocycles. The Morgan fingerprint density at radius 2 is 1.96 bits per heavy atom. The summed E-state index contributed by atoms with van der Waals surface area (Å²) in [7, 11) is 0. The zero-order valence-corrected chi connectivity index (χ0v) is 14.4. The van der Waals surface area contributed by atoms with Crippen molar-refractivity contribution in [2.75, 3.05) is 6.61 Å². The summed E-state index contributed by atoms with van der Waals surface area (Å²) in [5.41, 5.74) is 3.89. The molecule has 25 heavy (non-hydrogen) atoms. The van der Waals surface area contributed by atoms with Crippen molar-refractivity contribution in [1.82, 2.24) is 10.5 Å². The van der Waals surface area contributed by atoms with Crippen molar-refractivity contribution < 1.29 is 14.7 Å². The van der Waals surface area contributed by atoms with E-state index in [0.717, 1.165) is 36.0 Å². The highest BCUT2D eigenvalue weighted by Gasteiger charge is 2.07. The number of ether oxygens (including phenoxy) is 1. The van der Waals surface area contributed by atoms with Crippen molar-refractivity contribution in [3.05, 3.63) is 42.5 Å². The molecule has 3 rings (SSSR count). The summed E-state index contributed by atoms with van der Waals surface area (Å²) < 4.78 is 5.87. The number of hydroxylamine groups is 1. The number of rotatable bonds is 8. The Labute approximate surface area is 146 Å². The summed E-state index contributed by atoms with van der Waals surface area (Å²) in [5, 5.41) is 10.9. The highest BCUT2D eigenvalue weighted by Crippen LogP contribution is 2.28. The Morgan fingerprint density at radius 1 is 1.16 bits per heavy atom. The van der Waals surface area contributed by atoms with E-state index in [1.54, 1.807) is 5.48 Å². The lowest BCUT2D eigenvalue weighted by atomic mass is 10.00. The number of benzene rings is 2. The first-order valence-corrected chi connectivity index (χ1v) is 8.73. The first kappa shape index (κ1) is 17.3. The molecule has 0 spiro atoms. The third kappa shape index (κ3) is 4.31. The number of fused-ring (bicyclic) bond motifs is 3. The van der Waals surface area contributed by atoms with Crippen molar-refractivity contribution in [1.29, 1.82) is 0 Å². The smallest absolute Gasteiger partial charge is 0.243 e. The lowest BCUT2D eigenvalue weighted by Crippen LogP contribution is -2.18. The van der Waals surface area contributed by atoms with Crippen molar-refractivity contribution in [3.63, 3.8) is 0 Å². The van der Waals surface area contributed by atoms with Crippen LogP contribution in [0.1, 0.15) is 32.6 Å². The van der Waals surface area contributed by atoms with Gasteiger partial charge >= 0.3 is 0 Å². The van der Waals surface area contributed by atoms with Crippen LogP contribution in [0, 0.1) is 5.92 Å². The molecule has 5 nitrogen and oxygen atoms in total. The molecule has 1 atom stereocenters. The van der Waals surface area contributed by atoms with Crippen LogP contribution in [0.2, 0.25) is 0 Å². The molecule has 0 aliphatic rings. The number of aromatic nitrogens is 1. The third-order valence-electron chi connectivity index (χ3n) is 4.58. The molecular weight excluding hydrogens is 316 g/mol. The molecular formula is C20H24N2O3. The molecule has 2 aromatic carbocycles. The Bertz CT molecular complexity index is 856. The van der Waals surface area contributed by atoms with Crippen molar-refractivity contribution >= 4 is 27.7 Å².